The average molecular weight is 427 g/mol. The van der Waals surface area contributed by atoms with Crippen LogP contribution in [0.4, 0.5) is 0 Å². The highest BCUT2D eigenvalue weighted by atomic mass is 127. The Labute approximate surface area is 156 Å². The largest absolute Gasteiger partial charge is 0.345 e. The van der Waals surface area contributed by atoms with Crippen LogP contribution in [0.1, 0.15) is 27.5 Å². The minimum absolute atomic E-state index is 0.0372. The average Bonchev–Trinajstić information content (AvgIpc) is 2.63. The van der Waals surface area contributed by atoms with Gasteiger partial charge >= 0.3 is 0 Å². The molecule has 0 fully saturated rings. The van der Waals surface area contributed by atoms with E-state index in [1.807, 2.05) is 60.7 Å². The number of carbonyl (C=O) groups excluding carboxylic acids is 1. The van der Waals surface area contributed by atoms with Crippen LogP contribution in [0.3, 0.4) is 0 Å². The van der Waals surface area contributed by atoms with E-state index in [0.717, 1.165) is 15.6 Å². The van der Waals surface area contributed by atoms with E-state index in [4.69, 9.17) is 0 Å². The van der Waals surface area contributed by atoms with Crippen LogP contribution >= 0.6 is 22.6 Å². The quantitative estimate of drug-likeness (QED) is 0.571. The molecule has 0 saturated carbocycles. The van der Waals surface area contributed by atoms with Crippen LogP contribution < -0.4 is 5.32 Å². The summed E-state index contributed by atoms with van der Waals surface area (Å²) in [4.78, 5) is 12.7. The van der Waals surface area contributed by atoms with Gasteiger partial charge in [-0.25, -0.2) is 0 Å². The van der Waals surface area contributed by atoms with Crippen LogP contribution in [0.25, 0.3) is 0 Å². The van der Waals surface area contributed by atoms with Gasteiger partial charge in [0.15, 0.2) is 0 Å². The smallest absolute Gasteiger partial charge is 0.252 e. The Bertz CT molecular complexity index is 802. The lowest BCUT2D eigenvalue weighted by atomic mass is 9.98. The van der Waals surface area contributed by atoms with Crippen molar-refractivity contribution in [3.05, 3.63) is 105 Å². The van der Waals surface area contributed by atoms with Crippen molar-refractivity contribution in [3.63, 3.8) is 0 Å². The van der Waals surface area contributed by atoms with E-state index in [1.165, 1.54) is 5.56 Å². The Morgan fingerprint density at radius 1 is 0.833 bits per heavy atom. The monoisotopic (exact) mass is 427 g/mol. The number of carbonyl (C=O) groups is 1. The van der Waals surface area contributed by atoms with Gasteiger partial charge in [-0.3, -0.25) is 4.79 Å². The highest BCUT2D eigenvalue weighted by Gasteiger charge is 2.17. The summed E-state index contributed by atoms with van der Waals surface area (Å²) in [5.74, 6) is -0.0372. The lowest BCUT2D eigenvalue weighted by Crippen LogP contribution is -2.30. The summed E-state index contributed by atoms with van der Waals surface area (Å²) in [5, 5.41) is 3.20. The second-order valence-corrected chi connectivity index (χ2v) is 6.77. The molecule has 0 saturated heterocycles. The van der Waals surface area contributed by atoms with Gasteiger partial charge in [0, 0.05) is 3.57 Å². The molecular weight excluding hydrogens is 409 g/mol. The topological polar surface area (TPSA) is 29.1 Å². The van der Waals surface area contributed by atoms with Crippen molar-refractivity contribution in [2.75, 3.05) is 0 Å². The second kappa shape index (κ2) is 8.11. The van der Waals surface area contributed by atoms with Crippen molar-refractivity contribution in [1.82, 2.24) is 5.32 Å². The molecule has 0 heterocycles. The number of nitrogens with one attached hydrogen (secondary N) is 1. The third kappa shape index (κ3) is 4.23. The van der Waals surface area contributed by atoms with E-state index in [0.29, 0.717) is 5.56 Å². The van der Waals surface area contributed by atoms with Gasteiger partial charge in [-0.05, 0) is 52.3 Å². The van der Waals surface area contributed by atoms with Crippen molar-refractivity contribution < 1.29 is 4.79 Å². The molecule has 3 heteroatoms. The Kier molecular flexibility index (Phi) is 5.64. The van der Waals surface area contributed by atoms with Crippen LogP contribution in [0, 0.1) is 3.57 Å². The Hall–Kier alpha value is -2.14. The molecule has 1 N–H and O–H groups in total. The molecule has 0 aliphatic carbocycles. The van der Waals surface area contributed by atoms with Gasteiger partial charge in [-0.2, -0.15) is 0 Å². The third-order valence-corrected chi connectivity index (χ3v) is 4.85. The minimum atomic E-state index is -0.0582. The van der Waals surface area contributed by atoms with E-state index in [2.05, 4.69) is 52.2 Å². The normalized spacial score (nSPS) is 11.7. The number of rotatable bonds is 5. The molecule has 3 aromatic carbocycles. The van der Waals surface area contributed by atoms with Gasteiger partial charge in [-0.15, -0.1) is 0 Å². The third-order valence-electron chi connectivity index (χ3n) is 3.91. The molecule has 0 spiro atoms. The van der Waals surface area contributed by atoms with E-state index in [1.54, 1.807) is 0 Å². The van der Waals surface area contributed by atoms with E-state index >= 15 is 0 Å². The number of amides is 1. The Balaban J connectivity index is 1.85. The first-order valence-corrected chi connectivity index (χ1v) is 8.96. The molecule has 1 atom stereocenters. The van der Waals surface area contributed by atoms with Crippen LogP contribution in [0.2, 0.25) is 0 Å². The first kappa shape index (κ1) is 16.7. The van der Waals surface area contributed by atoms with Crippen LogP contribution in [-0.2, 0) is 6.42 Å². The predicted molar refractivity (Wildman–Crippen MR) is 106 cm³/mol. The summed E-state index contributed by atoms with van der Waals surface area (Å²) in [7, 11) is 0. The summed E-state index contributed by atoms with van der Waals surface area (Å²) < 4.78 is 0.958. The Morgan fingerprint density at radius 2 is 1.42 bits per heavy atom. The molecule has 1 amide bonds. The summed E-state index contributed by atoms with van der Waals surface area (Å²) in [6.45, 7) is 0. The van der Waals surface area contributed by atoms with Gasteiger partial charge < -0.3 is 5.32 Å². The molecule has 0 aliphatic rings. The zero-order valence-corrected chi connectivity index (χ0v) is 15.3. The molecule has 0 bridgehead atoms. The van der Waals surface area contributed by atoms with Crippen molar-refractivity contribution in [2.24, 2.45) is 0 Å². The number of hydrogen-bond donors (Lipinski definition) is 1. The maximum Gasteiger partial charge on any atom is 0.252 e. The predicted octanol–water partition coefficient (Wildman–Crippen LogP) is 5.01. The lowest BCUT2D eigenvalue weighted by molar-refractivity contribution is 0.0935. The zero-order chi connectivity index (χ0) is 16.8. The number of hydrogen-bond acceptors (Lipinski definition) is 1. The number of halogens is 1. The van der Waals surface area contributed by atoms with Crippen LogP contribution in [-0.4, -0.2) is 5.91 Å². The first-order chi connectivity index (χ1) is 11.7. The molecule has 0 aliphatic heterocycles. The van der Waals surface area contributed by atoms with Gasteiger partial charge in [0.05, 0.1) is 11.6 Å². The second-order valence-electron chi connectivity index (χ2n) is 5.61. The fourth-order valence-corrected chi connectivity index (χ4v) is 3.30. The van der Waals surface area contributed by atoms with Gasteiger partial charge in [0.25, 0.3) is 5.91 Å². The summed E-state index contributed by atoms with van der Waals surface area (Å²) >= 11 is 2.20. The van der Waals surface area contributed by atoms with Crippen molar-refractivity contribution in [3.8, 4) is 0 Å². The van der Waals surface area contributed by atoms with Crippen molar-refractivity contribution in [1.29, 1.82) is 0 Å². The fourth-order valence-electron chi connectivity index (χ4n) is 2.67. The zero-order valence-electron chi connectivity index (χ0n) is 13.2. The summed E-state index contributed by atoms with van der Waals surface area (Å²) in [5.41, 5.74) is 3.03. The molecule has 3 rings (SSSR count). The van der Waals surface area contributed by atoms with Crippen molar-refractivity contribution in [2.45, 2.75) is 12.5 Å². The molecule has 3 aromatic rings. The molecule has 1 unspecified atom stereocenters. The fraction of sp³-hybridized carbons (Fsp3) is 0.0952. The maximum atomic E-state index is 12.7. The van der Waals surface area contributed by atoms with Crippen molar-refractivity contribution >= 4 is 28.5 Å². The molecule has 0 radical (unpaired) electrons. The SMILES string of the molecule is O=C(NC(Cc1ccccc1)c1ccccc1)c1ccccc1I. The van der Waals surface area contributed by atoms with E-state index in [-0.39, 0.29) is 11.9 Å². The highest BCUT2D eigenvalue weighted by Crippen LogP contribution is 2.20. The van der Waals surface area contributed by atoms with Gasteiger partial charge in [-0.1, -0.05) is 72.8 Å². The molecule has 0 aromatic heterocycles. The van der Waals surface area contributed by atoms with E-state index < -0.39 is 0 Å². The molecule has 120 valence electrons. The van der Waals surface area contributed by atoms with Crippen LogP contribution in [0.15, 0.2) is 84.9 Å². The standard InChI is InChI=1S/C21H18INO/c22-19-14-8-7-13-18(19)21(24)23-20(17-11-5-2-6-12-17)15-16-9-3-1-4-10-16/h1-14,20H,15H2,(H,23,24). The Morgan fingerprint density at radius 3 is 2.08 bits per heavy atom. The molecule has 24 heavy (non-hydrogen) atoms. The minimum Gasteiger partial charge on any atom is -0.345 e. The first-order valence-electron chi connectivity index (χ1n) is 7.88. The van der Waals surface area contributed by atoms with E-state index in [9.17, 15) is 4.79 Å². The number of benzene rings is 3. The van der Waals surface area contributed by atoms with Crippen LogP contribution in [0.5, 0.6) is 0 Å². The van der Waals surface area contributed by atoms with Gasteiger partial charge in [0.2, 0.25) is 0 Å². The maximum absolute atomic E-state index is 12.7. The molecular formula is C21H18INO. The highest BCUT2D eigenvalue weighted by molar-refractivity contribution is 14.1. The lowest BCUT2D eigenvalue weighted by Gasteiger charge is -2.20. The summed E-state index contributed by atoms with van der Waals surface area (Å²) in [6.07, 6.45) is 0.764. The summed E-state index contributed by atoms with van der Waals surface area (Å²) in [6, 6.07) is 28.0. The van der Waals surface area contributed by atoms with Gasteiger partial charge in [0.1, 0.15) is 0 Å². The molecule has 2 nitrogen and oxygen atoms in total.